The molecule has 9 nitrogen and oxygen atoms in total. The molecule has 3 rings (SSSR count). The minimum absolute atomic E-state index is 0.198. The molecule has 0 saturated heterocycles. The topological polar surface area (TPSA) is 101 Å². The van der Waals surface area contributed by atoms with E-state index in [9.17, 15) is 9.59 Å². The van der Waals surface area contributed by atoms with Gasteiger partial charge in [-0.05, 0) is 50.9 Å². The molecular formula is C23H34N6O3. The van der Waals surface area contributed by atoms with Crippen LogP contribution >= 0.6 is 0 Å². The molecule has 1 aromatic heterocycles. The summed E-state index contributed by atoms with van der Waals surface area (Å²) in [5, 5.41) is 14.2. The average molecular weight is 443 g/mol. The van der Waals surface area contributed by atoms with Crippen LogP contribution in [0.1, 0.15) is 54.7 Å². The highest BCUT2D eigenvalue weighted by Crippen LogP contribution is 2.21. The van der Waals surface area contributed by atoms with Gasteiger partial charge in [0, 0.05) is 38.8 Å². The second kappa shape index (κ2) is 11.6. The van der Waals surface area contributed by atoms with Crippen LogP contribution in [0.3, 0.4) is 0 Å². The van der Waals surface area contributed by atoms with Gasteiger partial charge in [0.1, 0.15) is 11.8 Å². The molecule has 0 fully saturated rings. The van der Waals surface area contributed by atoms with Crippen LogP contribution in [0.15, 0.2) is 24.4 Å². The van der Waals surface area contributed by atoms with Crippen LogP contribution in [0, 0.1) is 6.92 Å². The van der Waals surface area contributed by atoms with E-state index in [1.807, 2.05) is 29.9 Å². The Balaban J connectivity index is 1.75. The number of nitrogens with zero attached hydrogens (tertiary/aromatic N) is 4. The van der Waals surface area contributed by atoms with E-state index in [1.54, 1.807) is 13.0 Å². The molecule has 2 N–H and O–H groups in total. The molecule has 2 aromatic rings. The fraction of sp³-hybridized carbons (Fsp3) is 0.565. The molecule has 9 heteroatoms. The number of carbonyl (C=O) groups excluding carboxylic acids is 2. The average Bonchev–Trinajstić information content (AvgIpc) is 3.20. The Hall–Kier alpha value is -2.94. The Kier molecular flexibility index (Phi) is 8.61. The summed E-state index contributed by atoms with van der Waals surface area (Å²) in [5.41, 5.74) is 2.36. The summed E-state index contributed by atoms with van der Waals surface area (Å²) >= 11 is 0. The van der Waals surface area contributed by atoms with Crippen molar-refractivity contribution in [1.29, 1.82) is 0 Å². The quantitative estimate of drug-likeness (QED) is 0.737. The highest BCUT2D eigenvalue weighted by Gasteiger charge is 2.19. The Bertz CT molecular complexity index is 913. The lowest BCUT2D eigenvalue weighted by molar-refractivity contribution is -0.122. The van der Waals surface area contributed by atoms with Gasteiger partial charge in [-0.15, -0.1) is 5.10 Å². The van der Waals surface area contributed by atoms with Gasteiger partial charge in [-0.3, -0.25) is 19.2 Å². The number of aryl methyl sites for hydroxylation is 2. The van der Waals surface area contributed by atoms with Gasteiger partial charge >= 0.3 is 0 Å². The molecule has 174 valence electrons. The first-order valence-corrected chi connectivity index (χ1v) is 11.4. The van der Waals surface area contributed by atoms with Crippen LogP contribution in [0.5, 0.6) is 5.75 Å². The van der Waals surface area contributed by atoms with Crippen LogP contribution < -0.4 is 15.4 Å². The smallest absolute Gasteiger partial charge is 0.255 e. The van der Waals surface area contributed by atoms with E-state index in [2.05, 4.69) is 32.8 Å². The predicted molar refractivity (Wildman–Crippen MR) is 121 cm³/mol. The minimum atomic E-state index is -0.639. The number of carbonyl (C=O) groups is 2. The van der Waals surface area contributed by atoms with Gasteiger partial charge in [0.05, 0.1) is 17.9 Å². The van der Waals surface area contributed by atoms with E-state index < -0.39 is 6.04 Å². The van der Waals surface area contributed by atoms with Crippen molar-refractivity contribution in [1.82, 2.24) is 30.5 Å². The molecule has 0 radical (unpaired) electrons. The maximum atomic E-state index is 12.8. The molecule has 0 saturated carbocycles. The molecule has 0 spiro atoms. The molecule has 2 bridgehead atoms. The second-order valence-corrected chi connectivity index (χ2v) is 8.29. The lowest BCUT2D eigenvalue weighted by Crippen LogP contribution is -2.45. The number of aromatic nitrogens is 3. The zero-order valence-electron chi connectivity index (χ0n) is 19.3. The number of ether oxygens (including phenoxy) is 1. The molecule has 32 heavy (non-hydrogen) atoms. The van der Waals surface area contributed by atoms with E-state index in [0.717, 1.165) is 50.2 Å². The van der Waals surface area contributed by atoms with Crippen molar-refractivity contribution in [2.24, 2.45) is 0 Å². The number of amides is 2. The largest absolute Gasteiger partial charge is 0.493 e. The van der Waals surface area contributed by atoms with E-state index in [0.29, 0.717) is 31.0 Å². The lowest BCUT2D eigenvalue weighted by Gasteiger charge is -2.21. The number of hydrogen-bond acceptors (Lipinski definition) is 6. The molecule has 1 atom stereocenters. The first-order chi connectivity index (χ1) is 15.5. The summed E-state index contributed by atoms with van der Waals surface area (Å²) in [7, 11) is 0. The first-order valence-electron chi connectivity index (χ1n) is 11.4. The van der Waals surface area contributed by atoms with Crippen LogP contribution in [0.4, 0.5) is 0 Å². The molecule has 1 aliphatic rings. The fourth-order valence-electron chi connectivity index (χ4n) is 3.69. The van der Waals surface area contributed by atoms with Crippen molar-refractivity contribution < 1.29 is 14.3 Å². The zero-order chi connectivity index (χ0) is 22.9. The number of fused-ring (bicyclic) bond motifs is 3. The van der Waals surface area contributed by atoms with Gasteiger partial charge < -0.3 is 15.4 Å². The molecule has 1 aliphatic heterocycles. The van der Waals surface area contributed by atoms with Gasteiger partial charge in [0.2, 0.25) is 5.91 Å². The Morgan fingerprint density at radius 2 is 2.06 bits per heavy atom. The van der Waals surface area contributed by atoms with Crippen molar-refractivity contribution in [2.45, 2.75) is 59.2 Å². The van der Waals surface area contributed by atoms with Gasteiger partial charge in [-0.1, -0.05) is 18.2 Å². The Labute approximate surface area is 189 Å². The molecule has 2 amide bonds. The van der Waals surface area contributed by atoms with Crippen LogP contribution in [0.25, 0.3) is 0 Å². The second-order valence-electron chi connectivity index (χ2n) is 8.29. The summed E-state index contributed by atoms with van der Waals surface area (Å²) in [4.78, 5) is 27.6. The summed E-state index contributed by atoms with van der Waals surface area (Å²) < 4.78 is 7.77. The van der Waals surface area contributed by atoms with Crippen molar-refractivity contribution in [2.75, 3.05) is 26.2 Å². The van der Waals surface area contributed by atoms with E-state index >= 15 is 0 Å². The Morgan fingerprint density at radius 3 is 2.88 bits per heavy atom. The number of rotatable bonds is 2. The molecule has 1 aromatic carbocycles. The maximum absolute atomic E-state index is 12.8. The van der Waals surface area contributed by atoms with Gasteiger partial charge in [-0.25, -0.2) is 0 Å². The highest BCUT2D eigenvalue weighted by atomic mass is 16.5. The van der Waals surface area contributed by atoms with E-state index in [1.165, 1.54) is 0 Å². The Morgan fingerprint density at radius 1 is 1.22 bits per heavy atom. The third-order valence-electron chi connectivity index (χ3n) is 5.37. The van der Waals surface area contributed by atoms with Gasteiger partial charge in [-0.2, -0.15) is 0 Å². The monoisotopic (exact) mass is 442 g/mol. The normalized spacial score (nSPS) is 19.5. The third-order valence-corrected chi connectivity index (χ3v) is 5.37. The van der Waals surface area contributed by atoms with Crippen LogP contribution in [-0.2, 0) is 17.9 Å². The number of nitrogens with one attached hydrogen (secondary N) is 2. The highest BCUT2D eigenvalue weighted by molar-refractivity contribution is 5.99. The fourth-order valence-corrected chi connectivity index (χ4v) is 3.69. The SMILES string of the molecule is CCCN1CCCNC(=O)[C@@H](C)NC(=O)c2ccc(C)cc2OCCCn2cc(nn2)C1. The predicted octanol–water partition coefficient (Wildman–Crippen LogP) is 1.91. The first kappa shape index (κ1) is 23.7. The maximum Gasteiger partial charge on any atom is 0.255 e. The summed E-state index contributed by atoms with van der Waals surface area (Å²) in [6, 6.07) is 4.80. The number of hydrogen-bond donors (Lipinski definition) is 2. The summed E-state index contributed by atoms with van der Waals surface area (Å²) in [5.74, 6) is -0.00560. The van der Waals surface area contributed by atoms with Crippen LogP contribution in [-0.4, -0.2) is 64.0 Å². The summed E-state index contributed by atoms with van der Waals surface area (Å²) in [6.45, 7) is 10.0. The zero-order valence-corrected chi connectivity index (χ0v) is 19.3. The van der Waals surface area contributed by atoms with E-state index in [-0.39, 0.29) is 11.8 Å². The lowest BCUT2D eigenvalue weighted by atomic mass is 10.1. The van der Waals surface area contributed by atoms with E-state index in [4.69, 9.17) is 4.74 Å². The van der Waals surface area contributed by atoms with Crippen molar-refractivity contribution in [3.8, 4) is 5.75 Å². The molecule has 0 unspecified atom stereocenters. The molecular weight excluding hydrogens is 408 g/mol. The van der Waals surface area contributed by atoms with Gasteiger partial charge in [0.15, 0.2) is 0 Å². The van der Waals surface area contributed by atoms with Crippen LogP contribution in [0.2, 0.25) is 0 Å². The van der Waals surface area contributed by atoms with Gasteiger partial charge in [0.25, 0.3) is 5.91 Å². The van der Waals surface area contributed by atoms with Crippen molar-refractivity contribution in [3.63, 3.8) is 0 Å². The van der Waals surface area contributed by atoms with Crippen molar-refractivity contribution in [3.05, 3.63) is 41.2 Å². The summed E-state index contributed by atoms with van der Waals surface area (Å²) in [6.07, 6.45) is 4.57. The molecule has 0 aliphatic carbocycles. The standard InChI is InChI=1S/C23H34N6O3/c1-4-10-28-11-5-9-24-22(30)18(3)25-23(31)20-8-7-17(2)14-21(20)32-13-6-12-29-16-19(15-28)26-27-29/h7-8,14,16,18H,4-6,9-13,15H2,1-3H3,(H,24,30)(H,25,31)/t18-/m1/s1. The number of benzene rings is 1. The molecule has 2 heterocycles. The minimum Gasteiger partial charge on any atom is -0.493 e. The van der Waals surface area contributed by atoms with Crippen molar-refractivity contribution >= 4 is 11.8 Å². The third kappa shape index (κ3) is 6.78.